The van der Waals surface area contributed by atoms with E-state index in [0.717, 1.165) is 44.0 Å². The average molecular weight is 315 g/mol. The van der Waals surface area contributed by atoms with Gasteiger partial charge < -0.3 is 13.3 Å². The smallest absolute Gasteiger partial charge is 0.377 e. The van der Waals surface area contributed by atoms with E-state index in [1.165, 1.54) is 6.42 Å². The van der Waals surface area contributed by atoms with Crippen LogP contribution in [-0.4, -0.2) is 41.3 Å². The summed E-state index contributed by atoms with van der Waals surface area (Å²) >= 11 is 10.2. The lowest BCUT2D eigenvalue weighted by Gasteiger charge is -2.24. The second-order valence-corrected chi connectivity index (χ2v) is 8.58. The van der Waals surface area contributed by atoms with E-state index in [1.807, 2.05) is 0 Å². The minimum Gasteiger partial charge on any atom is -0.377 e. The van der Waals surface area contributed by atoms with Crippen molar-refractivity contribution in [3.63, 3.8) is 0 Å². The summed E-state index contributed by atoms with van der Waals surface area (Å²) in [6.45, 7) is 0. The molecular formula is C12H27ClO3SSi. The molecule has 1 unspecified atom stereocenters. The number of rotatable bonds is 12. The van der Waals surface area contributed by atoms with Crippen LogP contribution >= 0.6 is 24.2 Å². The third kappa shape index (κ3) is 8.02. The molecule has 0 radical (unpaired) electrons. The highest BCUT2D eigenvalue weighted by atomic mass is 35.5. The third-order valence-electron chi connectivity index (χ3n) is 3.12. The van der Waals surface area contributed by atoms with Gasteiger partial charge in [-0.05, 0) is 25.7 Å². The lowest BCUT2D eigenvalue weighted by molar-refractivity contribution is 0.122. The molecule has 0 N–H and O–H groups in total. The second-order valence-electron chi connectivity index (χ2n) is 4.38. The van der Waals surface area contributed by atoms with Crippen LogP contribution in [0.4, 0.5) is 0 Å². The first kappa shape index (κ1) is 18.7. The Morgan fingerprint density at radius 1 is 0.944 bits per heavy atom. The lowest BCUT2D eigenvalue weighted by Crippen LogP contribution is -2.42. The zero-order valence-corrected chi connectivity index (χ0v) is 14.4. The van der Waals surface area contributed by atoms with Crippen LogP contribution in [0.5, 0.6) is 0 Å². The second kappa shape index (κ2) is 11.6. The SMILES string of the molecule is CO[Si](CCCCC(S)CCCCCl)(OC)OC. The van der Waals surface area contributed by atoms with Crippen molar-refractivity contribution in [1.29, 1.82) is 0 Å². The minimum absolute atomic E-state index is 0.483. The van der Waals surface area contributed by atoms with Crippen molar-refractivity contribution in [2.75, 3.05) is 27.2 Å². The molecule has 6 heteroatoms. The highest BCUT2D eigenvalue weighted by Crippen LogP contribution is 2.20. The molecule has 18 heavy (non-hydrogen) atoms. The van der Waals surface area contributed by atoms with Gasteiger partial charge in [0.1, 0.15) is 0 Å². The summed E-state index contributed by atoms with van der Waals surface area (Å²) in [5.74, 6) is 0.754. The number of hydrogen-bond donors (Lipinski definition) is 1. The normalized spacial score (nSPS) is 13.8. The van der Waals surface area contributed by atoms with Crippen LogP contribution in [0.1, 0.15) is 38.5 Å². The van der Waals surface area contributed by atoms with Gasteiger partial charge >= 0.3 is 8.80 Å². The average Bonchev–Trinajstić information content (AvgIpc) is 2.40. The zero-order chi connectivity index (χ0) is 13.9. The molecule has 0 aromatic rings. The van der Waals surface area contributed by atoms with Crippen molar-refractivity contribution in [2.45, 2.75) is 49.8 Å². The molecule has 110 valence electrons. The number of alkyl halides is 1. The van der Waals surface area contributed by atoms with Crippen LogP contribution in [0.15, 0.2) is 0 Å². The summed E-state index contributed by atoms with van der Waals surface area (Å²) in [5.41, 5.74) is 0. The Morgan fingerprint density at radius 2 is 1.44 bits per heavy atom. The van der Waals surface area contributed by atoms with Gasteiger partial charge in [0.25, 0.3) is 0 Å². The predicted octanol–water partition coefficient (Wildman–Crippen LogP) is 3.74. The standard InChI is InChI=1S/C12H27ClO3SSi/c1-14-18(15-2,16-3)11-7-5-9-12(17)8-4-6-10-13/h12,17H,4-11H2,1-3H3. The maximum absolute atomic E-state index is 5.65. The van der Waals surface area contributed by atoms with E-state index in [9.17, 15) is 0 Å². The van der Waals surface area contributed by atoms with Crippen molar-refractivity contribution in [3.05, 3.63) is 0 Å². The Hall–Kier alpha value is 0.737. The van der Waals surface area contributed by atoms with Crippen LogP contribution in [0.25, 0.3) is 0 Å². The van der Waals surface area contributed by atoms with E-state index in [-0.39, 0.29) is 0 Å². The molecule has 0 heterocycles. The van der Waals surface area contributed by atoms with E-state index in [4.69, 9.17) is 24.9 Å². The number of halogens is 1. The molecule has 0 rings (SSSR count). The van der Waals surface area contributed by atoms with Gasteiger partial charge in [0.15, 0.2) is 0 Å². The van der Waals surface area contributed by atoms with E-state index >= 15 is 0 Å². The minimum atomic E-state index is -2.36. The monoisotopic (exact) mass is 314 g/mol. The van der Waals surface area contributed by atoms with Gasteiger partial charge in [0, 0.05) is 38.5 Å². The first-order valence-corrected chi connectivity index (χ1v) is 9.52. The van der Waals surface area contributed by atoms with Crippen LogP contribution in [0.2, 0.25) is 6.04 Å². The molecule has 0 fully saturated rings. The van der Waals surface area contributed by atoms with Crippen molar-refractivity contribution < 1.29 is 13.3 Å². The van der Waals surface area contributed by atoms with Gasteiger partial charge in [0.05, 0.1) is 0 Å². The van der Waals surface area contributed by atoms with Gasteiger partial charge in [-0.1, -0.05) is 12.8 Å². The Balaban J connectivity index is 3.64. The fourth-order valence-electron chi connectivity index (χ4n) is 1.90. The summed E-state index contributed by atoms with van der Waals surface area (Å²) < 4.78 is 16.2. The zero-order valence-electron chi connectivity index (χ0n) is 11.8. The molecule has 0 spiro atoms. The maximum Gasteiger partial charge on any atom is 0.500 e. The fraction of sp³-hybridized carbons (Fsp3) is 1.00. The van der Waals surface area contributed by atoms with Gasteiger partial charge in [0.2, 0.25) is 0 Å². The first-order chi connectivity index (χ1) is 8.64. The van der Waals surface area contributed by atoms with Crippen molar-refractivity contribution in [3.8, 4) is 0 Å². The van der Waals surface area contributed by atoms with Crippen LogP contribution in [0, 0.1) is 0 Å². The summed E-state index contributed by atoms with van der Waals surface area (Å²) in [4.78, 5) is 0. The maximum atomic E-state index is 5.65. The molecule has 0 bridgehead atoms. The fourth-order valence-corrected chi connectivity index (χ4v) is 4.25. The first-order valence-electron chi connectivity index (χ1n) is 6.53. The molecule has 1 atom stereocenters. The van der Waals surface area contributed by atoms with E-state index in [1.54, 1.807) is 21.3 Å². The predicted molar refractivity (Wildman–Crippen MR) is 82.8 cm³/mol. The van der Waals surface area contributed by atoms with E-state index < -0.39 is 8.80 Å². The van der Waals surface area contributed by atoms with Gasteiger partial charge in [-0.15, -0.1) is 11.6 Å². The molecule has 3 nitrogen and oxygen atoms in total. The molecule has 0 saturated carbocycles. The summed E-state index contributed by atoms with van der Waals surface area (Å²) in [5, 5.41) is 0.483. The molecule has 0 aliphatic rings. The molecule has 0 saturated heterocycles. The topological polar surface area (TPSA) is 27.7 Å². The molecular weight excluding hydrogens is 288 g/mol. The van der Waals surface area contributed by atoms with Gasteiger partial charge in [-0.25, -0.2) is 0 Å². The Labute approximate surface area is 123 Å². The van der Waals surface area contributed by atoms with E-state index in [2.05, 4.69) is 12.6 Å². The van der Waals surface area contributed by atoms with Crippen LogP contribution in [-0.2, 0) is 13.3 Å². The van der Waals surface area contributed by atoms with Crippen molar-refractivity contribution >= 4 is 33.0 Å². The van der Waals surface area contributed by atoms with Gasteiger partial charge in [-0.3, -0.25) is 0 Å². The Morgan fingerprint density at radius 3 is 1.89 bits per heavy atom. The highest BCUT2D eigenvalue weighted by Gasteiger charge is 2.36. The van der Waals surface area contributed by atoms with E-state index in [0.29, 0.717) is 5.25 Å². The molecule has 0 aliphatic carbocycles. The molecule has 0 aromatic carbocycles. The van der Waals surface area contributed by atoms with Crippen molar-refractivity contribution in [1.82, 2.24) is 0 Å². The number of unbranched alkanes of at least 4 members (excludes halogenated alkanes) is 2. The molecule has 0 aromatic heterocycles. The van der Waals surface area contributed by atoms with Crippen LogP contribution in [0.3, 0.4) is 0 Å². The number of thiol groups is 1. The summed E-state index contributed by atoms with van der Waals surface area (Å²) in [6.07, 6.45) is 6.74. The molecule has 0 aliphatic heterocycles. The van der Waals surface area contributed by atoms with Crippen LogP contribution < -0.4 is 0 Å². The summed E-state index contributed by atoms with van der Waals surface area (Å²) in [6, 6.07) is 0.874. The lowest BCUT2D eigenvalue weighted by atomic mass is 10.1. The van der Waals surface area contributed by atoms with Crippen molar-refractivity contribution in [2.24, 2.45) is 0 Å². The molecule has 0 amide bonds. The summed E-state index contributed by atoms with van der Waals surface area (Å²) in [7, 11) is 2.62. The van der Waals surface area contributed by atoms with Gasteiger partial charge in [-0.2, -0.15) is 12.6 Å². The Kier molecular flexibility index (Phi) is 12.0. The number of hydrogen-bond acceptors (Lipinski definition) is 4. The Bertz CT molecular complexity index is 186. The third-order valence-corrected chi connectivity index (χ3v) is 6.74. The highest BCUT2D eigenvalue weighted by molar-refractivity contribution is 7.80. The quantitative estimate of drug-likeness (QED) is 0.257. The largest absolute Gasteiger partial charge is 0.500 e.